The van der Waals surface area contributed by atoms with Gasteiger partial charge in [0.05, 0.1) is 6.21 Å². The predicted molar refractivity (Wildman–Crippen MR) is 111 cm³/mol. The van der Waals surface area contributed by atoms with E-state index in [1.807, 2.05) is 30.3 Å². The molecule has 27 heavy (non-hydrogen) atoms. The van der Waals surface area contributed by atoms with Crippen molar-refractivity contribution in [2.24, 2.45) is 5.16 Å². The van der Waals surface area contributed by atoms with Gasteiger partial charge in [0.1, 0.15) is 0 Å². The summed E-state index contributed by atoms with van der Waals surface area (Å²) in [7, 11) is 0. The summed E-state index contributed by atoms with van der Waals surface area (Å²) < 4.78 is 0. The van der Waals surface area contributed by atoms with Crippen LogP contribution in [-0.2, 0) is 16.1 Å². The minimum Gasteiger partial charge on any atom is -0.386 e. The molecule has 1 aliphatic heterocycles. The van der Waals surface area contributed by atoms with E-state index in [9.17, 15) is 4.79 Å². The summed E-state index contributed by atoms with van der Waals surface area (Å²) in [6.07, 6.45) is 3.64. The zero-order valence-corrected chi connectivity index (χ0v) is 16.1. The van der Waals surface area contributed by atoms with Crippen LogP contribution in [0.1, 0.15) is 31.4 Å². The van der Waals surface area contributed by atoms with Crippen LogP contribution in [0, 0.1) is 0 Å². The molecule has 5 nitrogen and oxygen atoms in total. The van der Waals surface area contributed by atoms with Gasteiger partial charge in [0, 0.05) is 31.0 Å². The van der Waals surface area contributed by atoms with Crippen LogP contribution in [0.3, 0.4) is 0 Å². The first-order valence-corrected chi connectivity index (χ1v) is 9.61. The number of oxime groups is 1. The fourth-order valence-corrected chi connectivity index (χ4v) is 3.42. The molecule has 142 valence electrons. The van der Waals surface area contributed by atoms with E-state index in [0.717, 1.165) is 43.7 Å². The smallest absolute Gasteiger partial charge is 0.267 e. The van der Waals surface area contributed by atoms with Gasteiger partial charge >= 0.3 is 0 Å². The second-order valence-electron chi connectivity index (χ2n) is 6.55. The molecule has 1 heterocycles. The number of fused-ring (bicyclic) bond motifs is 1. The largest absolute Gasteiger partial charge is 0.386 e. The highest BCUT2D eigenvalue weighted by atomic mass is 16.6. The number of hydrogen-bond donors (Lipinski definition) is 0. The Bertz CT molecular complexity index is 782. The predicted octanol–water partition coefficient (Wildman–Crippen LogP) is 3.86. The summed E-state index contributed by atoms with van der Waals surface area (Å²) in [5.74, 6) is -0.0591. The van der Waals surface area contributed by atoms with Gasteiger partial charge < -0.3 is 14.6 Å². The lowest BCUT2D eigenvalue weighted by atomic mass is 10.0. The Hall–Kier alpha value is -2.82. The molecule has 0 atom stereocenters. The number of carbonyl (C=O) groups excluding carboxylic acids is 1. The van der Waals surface area contributed by atoms with Crippen molar-refractivity contribution in [1.82, 2.24) is 0 Å². The molecule has 3 rings (SSSR count). The fraction of sp³-hybridized carbons (Fsp3) is 0.364. The molecule has 0 bridgehead atoms. The van der Waals surface area contributed by atoms with Gasteiger partial charge in [0.2, 0.25) is 0 Å². The molecule has 0 spiro atoms. The van der Waals surface area contributed by atoms with Crippen molar-refractivity contribution in [1.29, 1.82) is 0 Å². The summed E-state index contributed by atoms with van der Waals surface area (Å²) >= 11 is 0. The number of carbonyl (C=O) groups is 1. The number of anilines is 2. The fourth-order valence-electron chi connectivity index (χ4n) is 3.42. The number of amides is 1. The number of hydrogen-bond acceptors (Lipinski definition) is 4. The SMILES string of the molecule is CCN(CC)c1ccc(/C=N\OCC(=O)N2CCCc3ccccc32)cc1. The van der Waals surface area contributed by atoms with Crippen molar-refractivity contribution < 1.29 is 9.63 Å². The highest BCUT2D eigenvalue weighted by Crippen LogP contribution is 2.26. The second-order valence-corrected chi connectivity index (χ2v) is 6.55. The number of rotatable bonds is 7. The van der Waals surface area contributed by atoms with Crippen molar-refractivity contribution in [2.75, 3.05) is 36.0 Å². The third kappa shape index (κ3) is 4.67. The molecule has 1 amide bonds. The third-order valence-corrected chi connectivity index (χ3v) is 4.90. The number of nitrogens with zero attached hydrogens (tertiary/aromatic N) is 3. The molecule has 0 aliphatic carbocycles. The molecule has 0 saturated heterocycles. The maximum absolute atomic E-state index is 12.5. The number of para-hydroxylation sites is 1. The van der Waals surface area contributed by atoms with Gasteiger partial charge in [-0.15, -0.1) is 0 Å². The van der Waals surface area contributed by atoms with Crippen LogP contribution < -0.4 is 9.80 Å². The van der Waals surface area contributed by atoms with E-state index in [-0.39, 0.29) is 12.5 Å². The summed E-state index contributed by atoms with van der Waals surface area (Å²) in [4.78, 5) is 21.8. The minimum absolute atomic E-state index is 0.0532. The Morgan fingerprint density at radius 1 is 1.15 bits per heavy atom. The summed E-state index contributed by atoms with van der Waals surface area (Å²) in [5, 5.41) is 3.96. The molecule has 0 aromatic heterocycles. The summed E-state index contributed by atoms with van der Waals surface area (Å²) in [6, 6.07) is 16.2. The van der Waals surface area contributed by atoms with E-state index in [1.54, 1.807) is 11.1 Å². The first kappa shape index (κ1) is 19.0. The van der Waals surface area contributed by atoms with Gasteiger partial charge in [0.15, 0.2) is 6.61 Å². The lowest BCUT2D eigenvalue weighted by Crippen LogP contribution is -2.37. The lowest BCUT2D eigenvalue weighted by molar-refractivity contribution is -0.123. The van der Waals surface area contributed by atoms with E-state index in [0.29, 0.717) is 0 Å². The van der Waals surface area contributed by atoms with E-state index in [4.69, 9.17) is 4.84 Å². The van der Waals surface area contributed by atoms with Crippen LogP contribution in [0.5, 0.6) is 0 Å². The van der Waals surface area contributed by atoms with Crippen LogP contribution >= 0.6 is 0 Å². The average molecular weight is 365 g/mol. The molecule has 0 N–H and O–H groups in total. The van der Waals surface area contributed by atoms with Gasteiger partial charge in [-0.1, -0.05) is 35.5 Å². The van der Waals surface area contributed by atoms with Crippen LogP contribution in [0.15, 0.2) is 53.7 Å². The van der Waals surface area contributed by atoms with Crippen molar-refractivity contribution in [3.8, 4) is 0 Å². The van der Waals surface area contributed by atoms with Crippen LogP contribution in [0.2, 0.25) is 0 Å². The molecule has 0 saturated carbocycles. The molecule has 0 radical (unpaired) electrons. The average Bonchev–Trinajstić information content (AvgIpc) is 2.72. The number of aryl methyl sites for hydroxylation is 1. The van der Waals surface area contributed by atoms with Crippen molar-refractivity contribution in [3.63, 3.8) is 0 Å². The van der Waals surface area contributed by atoms with E-state index < -0.39 is 0 Å². The Morgan fingerprint density at radius 3 is 2.63 bits per heavy atom. The minimum atomic E-state index is -0.0591. The quantitative estimate of drug-likeness (QED) is 0.553. The molecular formula is C22H27N3O2. The molecule has 5 heteroatoms. The van der Waals surface area contributed by atoms with E-state index in [1.165, 1.54) is 11.3 Å². The van der Waals surface area contributed by atoms with E-state index in [2.05, 4.69) is 42.1 Å². The van der Waals surface area contributed by atoms with E-state index >= 15 is 0 Å². The maximum atomic E-state index is 12.5. The van der Waals surface area contributed by atoms with Gasteiger partial charge in [-0.3, -0.25) is 4.79 Å². The van der Waals surface area contributed by atoms with Gasteiger partial charge in [-0.25, -0.2) is 0 Å². The molecule has 1 aliphatic rings. The topological polar surface area (TPSA) is 45.1 Å². The Balaban J connectivity index is 1.53. The highest BCUT2D eigenvalue weighted by molar-refractivity contribution is 5.95. The normalized spacial score (nSPS) is 13.5. The van der Waals surface area contributed by atoms with Gasteiger partial charge in [-0.05, 0) is 56.0 Å². The van der Waals surface area contributed by atoms with Gasteiger partial charge in [0.25, 0.3) is 5.91 Å². The lowest BCUT2D eigenvalue weighted by Gasteiger charge is -2.28. The molecule has 2 aromatic rings. The molecule has 0 unspecified atom stereocenters. The molecular weight excluding hydrogens is 338 g/mol. The summed E-state index contributed by atoms with van der Waals surface area (Å²) in [5.41, 5.74) is 4.35. The Kier molecular flexibility index (Phi) is 6.47. The van der Waals surface area contributed by atoms with Crippen LogP contribution in [-0.4, -0.2) is 38.4 Å². The first-order chi connectivity index (χ1) is 13.2. The monoisotopic (exact) mass is 365 g/mol. The van der Waals surface area contributed by atoms with Crippen LogP contribution in [0.25, 0.3) is 0 Å². The zero-order valence-electron chi connectivity index (χ0n) is 16.1. The molecule has 2 aromatic carbocycles. The van der Waals surface area contributed by atoms with Crippen molar-refractivity contribution >= 4 is 23.5 Å². The van der Waals surface area contributed by atoms with Crippen LogP contribution in [0.4, 0.5) is 11.4 Å². The molecule has 0 fully saturated rings. The Morgan fingerprint density at radius 2 is 1.89 bits per heavy atom. The maximum Gasteiger partial charge on any atom is 0.267 e. The van der Waals surface area contributed by atoms with Gasteiger partial charge in [-0.2, -0.15) is 0 Å². The highest BCUT2D eigenvalue weighted by Gasteiger charge is 2.22. The Labute approximate surface area is 161 Å². The number of benzene rings is 2. The second kappa shape index (κ2) is 9.21. The zero-order chi connectivity index (χ0) is 19.1. The standard InChI is InChI=1S/C22H27N3O2/c1-3-24(4-2)20-13-11-18(12-14-20)16-23-27-17-22(26)25-15-7-9-19-8-5-6-10-21(19)25/h5-6,8,10-14,16H,3-4,7,9,15,17H2,1-2H3/b23-16-. The first-order valence-electron chi connectivity index (χ1n) is 9.61. The van der Waals surface area contributed by atoms with Crippen molar-refractivity contribution in [2.45, 2.75) is 26.7 Å². The third-order valence-electron chi connectivity index (χ3n) is 4.90. The summed E-state index contributed by atoms with van der Waals surface area (Å²) in [6.45, 7) is 6.93. The van der Waals surface area contributed by atoms with Crippen molar-refractivity contribution in [3.05, 3.63) is 59.7 Å².